The van der Waals surface area contributed by atoms with Crippen LogP contribution in [0.3, 0.4) is 0 Å². The molecule has 0 aliphatic heterocycles. The summed E-state index contributed by atoms with van der Waals surface area (Å²) >= 11 is 0. The van der Waals surface area contributed by atoms with Crippen molar-refractivity contribution in [2.75, 3.05) is 0 Å². The quantitative estimate of drug-likeness (QED) is 0.759. The average molecular weight is 211 g/mol. The predicted molar refractivity (Wildman–Crippen MR) is 55.2 cm³/mol. The number of benzene rings is 1. The van der Waals surface area contributed by atoms with Crippen LogP contribution in [-0.2, 0) is 5.54 Å². The summed E-state index contributed by atoms with van der Waals surface area (Å²) in [7, 11) is 0. The maximum atomic E-state index is 13.6. The van der Waals surface area contributed by atoms with Gasteiger partial charge in [0.05, 0.1) is 0 Å². The van der Waals surface area contributed by atoms with E-state index in [0.29, 0.717) is 5.56 Å². The van der Waals surface area contributed by atoms with Gasteiger partial charge in [-0.05, 0) is 24.8 Å². The van der Waals surface area contributed by atoms with Gasteiger partial charge < -0.3 is 5.73 Å². The average Bonchev–Trinajstić information content (AvgIpc) is 2.47. The molecule has 82 valence electrons. The van der Waals surface area contributed by atoms with Gasteiger partial charge in [0, 0.05) is 17.2 Å². The normalized spacial score (nSPS) is 30.8. The van der Waals surface area contributed by atoms with Crippen molar-refractivity contribution in [2.24, 2.45) is 11.7 Å². The van der Waals surface area contributed by atoms with E-state index in [1.54, 1.807) is 0 Å². The molecule has 2 atom stereocenters. The van der Waals surface area contributed by atoms with Crippen LogP contribution in [0, 0.1) is 17.6 Å². The number of nitrogens with two attached hydrogens (primary N) is 1. The monoisotopic (exact) mass is 211 g/mol. The van der Waals surface area contributed by atoms with Crippen molar-refractivity contribution in [2.45, 2.75) is 31.7 Å². The number of hydrogen-bond donors (Lipinski definition) is 1. The highest BCUT2D eigenvalue weighted by molar-refractivity contribution is 5.28. The molecule has 15 heavy (non-hydrogen) atoms. The standard InChI is InChI=1S/C12H15F2N/c1-8-3-2-6-12(8,15)10-5-4-9(13)7-11(10)14/h4-5,7-8H,2-3,6,15H2,1H3. The van der Waals surface area contributed by atoms with Crippen LogP contribution in [-0.4, -0.2) is 0 Å². The Bertz CT molecular complexity index is 378. The second-order valence-corrected chi connectivity index (χ2v) is 4.46. The first-order valence-corrected chi connectivity index (χ1v) is 5.28. The fraction of sp³-hybridized carbons (Fsp3) is 0.500. The first kappa shape index (κ1) is 10.6. The van der Waals surface area contributed by atoms with E-state index in [-0.39, 0.29) is 5.92 Å². The van der Waals surface area contributed by atoms with Crippen molar-refractivity contribution in [1.29, 1.82) is 0 Å². The lowest BCUT2D eigenvalue weighted by Crippen LogP contribution is -2.39. The number of rotatable bonds is 1. The second kappa shape index (κ2) is 3.56. The molecule has 0 aromatic heterocycles. The number of halogens is 2. The van der Waals surface area contributed by atoms with Crippen molar-refractivity contribution >= 4 is 0 Å². The van der Waals surface area contributed by atoms with Crippen molar-refractivity contribution in [3.8, 4) is 0 Å². The molecule has 2 unspecified atom stereocenters. The van der Waals surface area contributed by atoms with Gasteiger partial charge in [0.1, 0.15) is 11.6 Å². The second-order valence-electron chi connectivity index (χ2n) is 4.46. The Morgan fingerprint density at radius 1 is 1.40 bits per heavy atom. The topological polar surface area (TPSA) is 26.0 Å². The van der Waals surface area contributed by atoms with Crippen LogP contribution < -0.4 is 5.73 Å². The van der Waals surface area contributed by atoms with Crippen molar-refractivity contribution in [3.05, 3.63) is 35.4 Å². The van der Waals surface area contributed by atoms with Gasteiger partial charge in [-0.3, -0.25) is 0 Å². The van der Waals surface area contributed by atoms with Crippen molar-refractivity contribution in [1.82, 2.24) is 0 Å². The molecule has 0 amide bonds. The highest BCUT2D eigenvalue weighted by Crippen LogP contribution is 2.42. The minimum absolute atomic E-state index is 0.248. The maximum Gasteiger partial charge on any atom is 0.131 e. The molecule has 0 saturated heterocycles. The Morgan fingerprint density at radius 3 is 2.67 bits per heavy atom. The summed E-state index contributed by atoms with van der Waals surface area (Å²) in [4.78, 5) is 0. The first-order chi connectivity index (χ1) is 7.04. The Hall–Kier alpha value is -0.960. The molecule has 1 aromatic rings. The van der Waals surface area contributed by atoms with Gasteiger partial charge in [-0.2, -0.15) is 0 Å². The lowest BCUT2D eigenvalue weighted by molar-refractivity contribution is 0.334. The van der Waals surface area contributed by atoms with E-state index in [2.05, 4.69) is 0 Å². The summed E-state index contributed by atoms with van der Waals surface area (Å²) in [5.41, 5.74) is 6.05. The van der Waals surface area contributed by atoms with Gasteiger partial charge in [0.25, 0.3) is 0 Å². The molecular formula is C12H15F2N. The fourth-order valence-corrected chi connectivity index (χ4v) is 2.47. The summed E-state index contributed by atoms with van der Waals surface area (Å²) in [6.07, 6.45) is 2.79. The van der Waals surface area contributed by atoms with E-state index < -0.39 is 17.2 Å². The summed E-state index contributed by atoms with van der Waals surface area (Å²) in [6.45, 7) is 2.02. The third-order valence-electron chi connectivity index (χ3n) is 3.54. The Morgan fingerprint density at radius 2 is 2.13 bits per heavy atom. The molecule has 0 bridgehead atoms. The van der Waals surface area contributed by atoms with Gasteiger partial charge in [0.15, 0.2) is 0 Å². The summed E-state index contributed by atoms with van der Waals surface area (Å²) in [5, 5.41) is 0. The van der Waals surface area contributed by atoms with Gasteiger partial charge in [-0.15, -0.1) is 0 Å². The van der Waals surface area contributed by atoms with E-state index in [4.69, 9.17) is 5.73 Å². The summed E-state index contributed by atoms with van der Waals surface area (Å²) in [6, 6.07) is 3.67. The summed E-state index contributed by atoms with van der Waals surface area (Å²) < 4.78 is 26.4. The van der Waals surface area contributed by atoms with E-state index in [1.165, 1.54) is 12.1 Å². The van der Waals surface area contributed by atoms with E-state index in [1.807, 2.05) is 6.92 Å². The maximum absolute atomic E-state index is 13.6. The molecule has 2 N–H and O–H groups in total. The SMILES string of the molecule is CC1CCCC1(N)c1ccc(F)cc1F. The zero-order valence-corrected chi connectivity index (χ0v) is 8.76. The molecule has 1 saturated carbocycles. The van der Waals surface area contributed by atoms with Crippen LogP contribution in [0.4, 0.5) is 8.78 Å². The van der Waals surface area contributed by atoms with Crippen LogP contribution in [0.15, 0.2) is 18.2 Å². The zero-order chi connectivity index (χ0) is 11.1. The molecule has 1 nitrogen and oxygen atoms in total. The van der Waals surface area contributed by atoms with Crippen LogP contribution in [0.1, 0.15) is 31.7 Å². The van der Waals surface area contributed by atoms with Crippen molar-refractivity contribution < 1.29 is 8.78 Å². The molecule has 1 aliphatic rings. The first-order valence-electron chi connectivity index (χ1n) is 5.28. The fourth-order valence-electron chi connectivity index (χ4n) is 2.47. The van der Waals surface area contributed by atoms with Crippen LogP contribution in [0.25, 0.3) is 0 Å². The zero-order valence-electron chi connectivity index (χ0n) is 8.76. The molecule has 0 spiro atoms. The molecule has 0 heterocycles. The molecule has 2 rings (SSSR count). The molecular weight excluding hydrogens is 196 g/mol. The minimum Gasteiger partial charge on any atom is -0.321 e. The van der Waals surface area contributed by atoms with Crippen LogP contribution in [0.5, 0.6) is 0 Å². The third-order valence-corrected chi connectivity index (χ3v) is 3.54. The van der Waals surface area contributed by atoms with Crippen molar-refractivity contribution in [3.63, 3.8) is 0 Å². The van der Waals surface area contributed by atoms with E-state index in [0.717, 1.165) is 25.3 Å². The largest absolute Gasteiger partial charge is 0.321 e. The lowest BCUT2D eigenvalue weighted by atomic mass is 9.82. The van der Waals surface area contributed by atoms with Gasteiger partial charge in [-0.25, -0.2) is 8.78 Å². The number of hydrogen-bond acceptors (Lipinski definition) is 1. The molecule has 1 fully saturated rings. The van der Waals surface area contributed by atoms with Crippen LogP contribution >= 0.6 is 0 Å². The molecule has 3 heteroatoms. The van der Waals surface area contributed by atoms with Crippen LogP contribution in [0.2, 0.25) is 0 Å². The molecule has 1 aliphatic carbocycles. The van der Waals surface area contributed by atoms with Gasteiger partial charge in [0.2, 0.25) is 0 Å². The highest BCUT2D eigenvalue weighted by atomic mass is 19.1. The minimum atomic E-state index is -0.613. The Kier molecular flexibility index (Phi) is 2.51. The Balaban J connectivity index is 2.44. The van der Waals surface area contributed by atoms with E-state index >= 15 is 0 Å². The molecule has 1 aromatic carbocycles. The third kappa shape index (κ3) is 1.65. The van der Waals surface area contributed by atoms with Gasteiger partial charge >= 0.3 is 0 Å². The summed E-state index contributed by atoms with van der Waals surface area (Å²) in [5.74, 6) is -0.825. The molecule has 0 radical (unpaired) electrons. The highest BCUT2D eigenvalue weighted by Gasteiger charge is 2.39. The lowest BCUT2D eigenvalue weighted by Gasteiger charge is -2.30. The van der Waals surface area contributed by atoms with E-state index in [9.17, 15) is 8.78 Å². The predicted octanol–water partition coefficient (Wildman–Crippen LogP) is 2.94. The van der Waals surface area contributed by atoms with Gasteiger partial charge in [-0.1, -0.05) is 19.4 Å². The Labute approximate surface area is 88.3 Å². The smallest absolute Gasteiger partial charge is 0.131 e.